The van der Waals surface area contributed by atoms with E-state index in [-0.39, 0.29) is 0 Å². The molecular weight excluding hydrogens is 226 g/mol. The molecule has 0 bridgehead atoms. The Morgan fingerprint density at radius 1 is 1.22 bits per heavy atom. The smallest absolute Gasteiger partial charge is 0.161 e. The molecule has 0 fully saturated rings. The summed E-state index contributed by atoms with van der Waals surface area (Å²) in [6, 6.07) is 6.33. The Kier molecular flexibility index (Phi) is 4.88. The van der Waals surface area contributed by atoms with E-state index < -0.39 is 0 Å². The van der Waals surface area contributed by atoms with E-state index in [2.05, 4.69) is 31.3 Å². The molecule has 0 radical (unpaired) electrons. The molecule has 0 amide bonds. The van der Waals surface area contributed by atoms with Crippen LogP contribution in [0.4, 0.5) is 0 Å². The lowest BCUT2D eigenvalue weighted by molar-refractivity contribution is 0.297. The monoisotopic (exact) mass is 249 g/mol. The molecule has 1 atom stereocenters. The molecule has 0 saturated carbocycles. The van der Waals surface area contributed by atoms with Gasteiger partial charge in [0.25, 0.3) is 0 Å². The molecule has 1 unspecified atom stereocenters. The van der Waals surface area contributed by atoms with Gasteiger partial charge in [-0.3, -0.25) is 0 Å². The third-order valence-corrected chi connectivity index (χ3v) is 3.34. The number of fused-ring (bicyclic) bond motifs is 1. The van der Waals surface area contributed by atoms with Crippen molar-refractivity contribution in [3.8, 4) is 11.5 Å². The van der Waals surface area contributed by atoms with E-state index in [4.69, 9.17) is 9.47 Å². The van der Waals surface area contributed by atoms with Crippen LogP contribution in [0.15, 0.2) is 18.2 Å². The van der Waals surface area contributed by atoms with E-state index in [0.717, 1.165) is 50.6 Å². The average molecular weight is 249 g/mol. The van der Waals surface area contributed by atoms with Crippen LogP contribution in [-0.4, -0.2) is 26.3 Å². The second-order valence-electron chi connectivity index (χ2n) is 4.80. The van der Waals surface area contributed by atoms with Crippen LogP contribution in [0, 0.1) is 0 Å². The van der Waals surface area contributed by atoms with Crippen molar-refractivity contribution in [3.05, 3.63) is 23.8 Å². The molecular formula is C15H23NO2. The van der Waals surface area contributed by atoms with E-state index in [1.807, 2.05) is 6.07 Å². The van der Waals surface area contributed by atoms with Crippen molar-refractivity contribution < 1.29 is 9.47 Å². The van der Waals surface area contributed by atoms with Crippen LogP contribution >= 0.6 is 0 Å². The predicted molar refractivity (Wildman–Crippen MR) is 73.6 cm³/mol. The Balaban J connectivity index is 2.02. The maximum absolute atomic E-state index is 5.72. The first-order chi connectivity index (χ1) is 8.81. The summed E-state index contributed by atoms with van der Waals surface area (Å²) < 4.78 is 11.4. The summed E-state index contributed by atoms with van der Waals surface area (Å²) in [5.41, 5.74) is 1.33. The first-order valence-corrected chi connectivity index (χ1v) is 6.91. The summed E-state index contributed by atoms with van der Waals surface area (Å²) >= 11 is 0. The van der Waals surface area contributed by atoms with Crippen molar-refractivity contribution in [2.24, 2.45) is 0 Å². The third kappa shape index (κ3) is 3.39. The van der Waals surface area contributed by atoms with E-state index in [9.17, 15) is 0 Å². The lowest BCUT2D eigenvalue weighted by Gasteiger charge is -2.15. The van der Waals surface area contributed by atoms with Crippen molar-refractivity contribution in [2.45, 2.75) is 32.6 Å². The maximum Gasteiger partial charge on any atom is 0.161 e. The van der Waals surface area contributed by atoms with Crippen molar-refractivity contribution in [3.63, 3.8) is 0 Å². The zero-order valence-electron chi connectivity index (χ0n) is 11.4. The zero-order chi connectivity index (χ0) is 12.8. The minimum Gasteiger partial charge on any atom is -0.490 e. The Bertz CT molecular complexity index is 379. The van der Waals surface area contributed by atoms with E-state index in [1.165, 1.54) is 5.56 Å². The van der Waals surface area contributed by atoms with E-state index >= 15 is 0 Å². The summed E-state index contributed by atoms with van der Waals surface area (Å²) in [6.07, 6.45) is 2.10. The Hall–Kier alpha value is -1.22. The van der Waals surface area contributed by atoms with Crippen LogP contribution in [0.5, 0.6) is 11.5 Å². The molecule has 1 heterocycles. The molecule has 0 spiro atoms. The molecule has 0 aliphatic carbocycles. The summed E-state index contributed by atoms with van der Waals surface area (Å²) in [7, 11) is 0. The van der Waals surface area contributed by atoms with Gasteiger partial charge in [0.1, 0.15) is 0 Å². The van der Waals surface area contributed by atoms with Crippen molar-refractivity contribution in [1.29, 1.82) is 0 Å². The van der Waals surface area contributed by atoms with Crippen LogP contribution in [0.1, 0.15) is 38.2 Å². The van der Waals surface area contributed by atoms with Gasteiger partial charge in [0.05, 0.1) is 13.2 Å². The third-order valence-electron chi connectivity index (χ3n) is 3.34. The van der Waals surface area contributed by atoms with Crippen molar-refractivity contribution >= 4 is 0 Å². The second-order valence-corrected chi connectivity index (χ2v) is 4.80. The highest BCUT2D eigenvalue weighted by molar-refractivity contribution is 5.44. The molecule has 1 aliphatic rings. The molecule has 18 heavy (non-hydrogen) atoms. The molecule has 1 aromatic rings. The molecule has 2 rings (SSSR count). The summed E-state index contributed by atoms with van der Waals surface area (Å²) in [5.74, 6) is 2.33. The summed E-state index contributed by atoms with van der Waals surface area (Å²) in [6.45, 7) is 8.00. The number of benzene rings is 1. The van der Waals surface area contributed by atoms with Gasteiger partial charge in [0.15, 0.2) is 11.5 Å². The van der Waals surface area contributed by atoms with Gasteiger partial charge >= 0.3 is 0 Å². The number of ether oxygens (including phenoxy) is 2. The van der Waals surface area contributed by atoms with Gasteiger partial charge in [-0.05, 0) is 43.1 Å². The molecule has 1 N–H and O–H groups in total. The SMILES string of the molecule is CCNCCC(C)c1ccc2c(c1)OCCCO2. The Morgan fingerprint density at radius 2 is 2.00 bits per heavy atom. The quantitative estimate of drug-likeness (QED) is 0.814. The highest BCUT2D eigenvalue weighted by Crippen LogP contribution is 2.33. The zero-order valence-corrected chi connectivity index (χ0v) is 11.4. The maximum atomic E-state index is 5.72. The van der Waals surface area contributed by atoms with Crippen molar-refractivity contribution in [2.75, 3.05) is 26.3 Å². The summed E-state index contributed by atoms with van der Waals surface area (Å²) in [5, 5.41) is 3.37. The van der Waals surface area contributed by atoms with Gasteiger partial charge in [-0.25, -0.2) is 0 Å². The topological polar surface area (TPSA) is 30.5 Å². The largest absolute Gasteiger partial charge is 0.490 e. The van der Waals surface area contributed by atoms with Crippen LogP contribution in [0.3, 0.4) is 0 Å². The highest BCUT2D eigenvalue weighted by atomic mass is 16.5. The Labute approximate surface area is 109 Å². The van der Waals surface area contributed by atoms with Gasteiger partial charge in [0, 0.05) is 6.42 Å². The van der Waals surface area contributed by atoms with Crippen LogP contribution < -0.4 is 14.8 Å². The van der Waals surface area contributed by atoms with Gasteiger partial charge in [-0.2, -0.15) is 0 Å². The highest BCUT2D eigenvalue weighted by Gasteiger charge is 2.13. The van der Waals surface area contributed by atoms with Gasteiger partial charge in [-0.15, -0.1) is 0 Å². The van der Waals surface area contributed by atoms with Crippen molar-refractivity contribution in [1.82, 2.24) is 5.32 Å². The van der Waals surface area contributed by atoms with Crippen LogP contribution in [0.2, 0.25) is 0 Å². The summed E-state index contributed by atoms with van der Waals surface area (Å²) in [4.78, 5) is 0. The average Bonchev–Trinajstić information content (AvgIpc) is 2.63. The van der Waals surface area contributed by atoms with Crippen LogP contribution in [-0.2, 0) is 0 Å². The fourth-order valence-electron chi connectivity index (χ4n) is 2.15. The lowest BCUT2D eigenvalue weighted by atomic mass is 9.97. The fourth-order valence-corrected chi connectivity index (χ4v) is 2.15. The first kappa shape index (κ1) is 13.2. The fraction of sp³-hybridized carbons (Fsp3) is 0.600. The molecule has 3 nitrogen and oxygen atoms in total. The predicted octanol–water partition coefficient (Wildman–Crippen LogP) is 2.95. The second kappa shape index (κ2) is 6.64. The molecule has 3 heteroatoms. The van der Waals surface area contributed by atoms with Gasteiger partial charge < -0.3 is 14.8 Å². The standard InChI is InChI=1S/C15H23NO2/c1-3-16-8-7-12(2)13-5-6-14-15(11-13)18-10-4-9-17-14/h5-6,11-12,16H,3-4,7-10H2,1-2H3. The number of nitrogens with one attached hydrogen (secondary N) is 1. The first-order valence-electron chi connectivity index (χ1n) is 6.91. The van der Waals surface area contributed by atoms with Gasteiger partial charge in [0.2, 0.25) is 0 Å². The minimum absolute atomic E-state index is 0.543. The Morgan fingerprint density at radius 3 is 2.78 bits per heavy atom. The molecule has 1 aliphatic heterocycles. The molecule has 0 saturated heterocycles. The number of rotatable bonds is 5. The van der Waals surface area contributed by atoms with Crippen LogP contribution in [0.25, 0.3) is 0 Å². The molecule has 1 aromatic carbocycles. The lowest BCUT2D eigenvalue weighted by Crippen LogP contribution is -2.15. The normalized spacial score (nSPS) is 16.1. The number of hydrogen-bond acceptors (Lipinski definition) is 3. The number of hydrogen-bond donors (Lipinski definition) is 1. The molecule has 0 aromatic heterocycles. The molecule has 100 valence electrons. The van der Waals surface area contributed by atoms with E-state index in [0.29, 0.717) is 5.92 Å². The minimum atomic E-state index is 0.543. The van der Waals surface area contributed by atoms with Gasteiger partial charge in [-0.1, -0.05) is 19.9 Å². The van der Waals surface area contributed by atoms with E-state index in [1.54, 1.807) is 0 Å².